The van der Waals surface area contributed by atoms with Gasteiger partial charge in [-0.15, -0.1) is 0 Å². The molecule has 1 aromatic carbocycles. The fraction of sp³-hybridized carbons (Fsp3) is 0.455. The zero-order chi connectivity index (χ0) is 10.7. The molecule has 0 aromatic heterocycles. The molecular formula is C11H18N3P. The molecule has 1 aromatic rings. The van der Waals surface area contributed by atoms with Crippen LogP contribution in [-0.2, 0) is 0 Å². The summed E-state index contributed by atoms with van der Waals surface area (Å²) in [5.41, 5.74) is 2.46. The molecule has 1 saturated heterocycles. The average molecular weight is 223 g/mol. The molecule has 0 saturated carbocycles. The molecule has 2 rings (SSSR count). The third kappa shape index (κ3) is 2.61. The molecule has 1 aliphatic rings. The Balaban J connectivity index is 2.03. The Morgan fingerprint density at radius 1 is 1.07 bits per heavy atom. The molecule has 15 heavy (non-hydrogen) atoms. The highest BCUT2D eigenvalue weighted by Gasteiger charge is 2.13. The molecule has 0 spiro atoms. The van der Waals surface area contributed by atoms with Crippen LogP contribution in [0.3, 0.4) is 0 Å². The maximum atomic E-state index is 3.05. The smallest absolute Gasteiger partial charge is 0.0370 e. The van der Waals surface area contributed by atoms with Gasteiger partial charge in [0.05, 0.1) is 0 Å². The van der Waals surface area contributed by atoms with E-state index >= 15 is 0 Å². The monoisotopic (exact) mass is 223 g/mol. The number of hydrogen-bond donors (Lipinski definition) is 1. The minimum absolute atomic E-state index is 1.13. The van der Waals surface area contributed by atoms with Gasteiger partial charge in [0.15, 0.2) is 0 Å². The summed E-state index contributed by atoms with van der Waals surface area (Å²) in [5, 5.41) is 3.05. The van der Waals surface area contributed by atoms with E-state index in [0.29, 0.717) is 0 Å². The van der Waals surface area contributed by atoms with E-state index in [4.69, 9.17) is 0 Å². The van der Waals surface area contributed by atoms with Crippen molar-refractivity contribution in [2.75, 3.05) is 43.2 Å². The van der Waals surface area contributed by atoms with Crippen molar-refractivity contribution in [3.8, 4) is 0 Å². The second-order valence-electron chi connectivity index (χ2n) is 3.98. The average Bonchev–Trinajstić information content (AvgIpc) is 2.30. The van der Waals surface area contributed by atoms with E-state index in [-0.39, 0.29) is 0 Å². The number of nitrogens with zero attached hydrogens (tertiary/aromatic N) is 2. The summed E-state index contributed by atoms with van der Waals surface area (Å²) in [6.07, 6.45) is 0. The van der Waals surface area contributed by atoms with E-state index < -0.39 is 0 Å². The van der Waals surface area contributed by atoms with Crippen LogP contribution in [0.5, 0.6) is 0 Å². The van der Waals surface area contributed by atoms with Gasteiger partial charge in [0.25, 0.3) is 0 Å². The summed E-state index contributed by atoms with van der Waals surface area (Å²) in [6.45, 7) is 4.57. The van der Waals surface area contributed by atoms with Crippen LogP contribution in [0.4, 0.5) is 11.4 Å². The molecule has 1 heterocycles. The summed E-state index contributed by atoms with van der Waals surface area (Å²) in [5.74, 6) is 0. The lowest BCUT2D eigenvalue weighted by Crippen LogP contribution is -2.44. The lowest BCUT2D eigenvalue weighted by Gasteiger charge is -2.34. The minimum Gasteiger partial charge on any atom is -0.369 e. The molecule has 0 radical (unpaired) electrons. The normalized spacial score (nSPS) is 17.9. The molecule has 1 atom stereocenters. The Kier molecular flexibility index (Phi) is 3.45. The molecular weight excluding hydrogens is 205 g/mol. The van der Waals surface area contributed by atoms with Gasteiger partial charge < -0.3 is 14.9 Å². The highest BCUT2D eigenvalue weighted by Crippen LogP contribution is 2.19. The summed E-state index contributed by atoms with van der Waals surface area (Å²) in [6, 6.07) is 8.58. The lowest BCUT2D eigenvalue weighted by molar-refractivity contribution is 0.313. The number of anilines is 2. The summed E-state index contributed by atoms with van der Waals surface area (Å²) >= 11 is 0. The molecule has 1 N–H and O–H groups in total. The van der Waals surface area contributed by atoms with Gasteiger partial charge in [0.2, 0.25) is 0 Å². The van der Waals surface area contributed by atoms with Crippen LogP contribution >= 0.6 is 9.39 Å². The third-order valence-corrected chi connectivity index (χ3v) is 3.24. The molecule has 3 nitrogen and oxygen atoms in total. The first-order valence-corrected chi connectivity index (χ1v) is 5.87. The van der Waals surface area contributed by atoms with Crippen LogP contribution in [0.15, 0.2) is 24.3 Å². The Morgan fingerprint density at radius 3 is 2.20 bits per heavy atom. The van der Waals surface area contributed by atoms with E-state index in [2.05, 4.69) is 55.6 Å². The molecule has 4 heteroatoms. The van der Waals surface area contributed by atoms with Crippen LogP contribution in [0.2, 0.25) is 0 Å². The van der Waals surface area contributed by atoms with Crippen molar-refractivity contribution in [2.45, 2.75) is 0 Å². The van der Waals surface area contributed by atoms with E-state index in [0.717, 1.165) is 31.9 Å². The van der Waals surface area contributed by atoms with E-state index in [1.54, 1.807) is 0 Å². The van der Waals surface area contributed by atoms with E-state index in [1.165, 1.54) is 5.69 Å². The first-order valence-electron chi connectivity index (χ1n) is 5.30. The second-order valence-corrected chi connectivity index (χ2v) is 4.27. The number of hydrogen-bond acceptors (Lipinski definition) is 3. The minimum atomic E-state index is 1.13. The fourth-order valence-electron chi connectivity index (χ4n) is 1.83. The van der Waals surface area contributed by atoms with Gasteiger partial charge in [0, 0.05) is 37.6 Å². The second kappa shape index (κ2) is 4.82. The SMILES string of the molecule is CN1CCN(c2ccc(NP)cc2)CC1. The number of benzene rings is 1. The molecule has 1 aliphatic heterocycles. The van der Waals surface area contributed by atoms with Crippen molar-refractivity contribution in [1.29, 1.82) is 0 Å². The zero-order valence-corrected chi connectivity index (χ0v) is 10.3. The predicted octanol–water partition coefficient (Wildman–Crippen LogP) is 1.64. The quantitative estimate of drug-likeness (QED) is 0.769. The summed E-state index contributed by atoms with van der Waals surface area (Å²) in [7, 11) is 4.69. The van der Waals surface area contributed by atoms with Gasteiger partial charge in [0.1, 0.15) is 0 Å². The Hall–Kier alpha value is -0.790. The molecule has 1 fully saturated rings. The maximum absolute atomic E-state index is 3.05. The van der Waals surface area contributed by atoms with Gasteiger partial charge in [-0.25, -0.2) is 0 Å². The van der Waals surface area contributed by atoms with Gasteiger partial charge in [-0.2, -0.15) is 0 Å². The van der Waals surface area contributed by atoms with Gasteiger partial charge >= 0.3 is 0 Å². The lowest BCUT2D eigenvalue weighted by atomic mass is 10.2. The van der Waals surface area contributed by atoms with Crippen molar-refractivity contribution in [1.82, 2.24) is 4.90 Å². The fourth-order valence-corrected chi connectivity index (χ4v) is 2.03. The van der Waals surface area contributed by atoms with Crippen LogP contribution in [0, 0.1) is 0 Å². The standard InChI is InChI=1S/C11H18N3P/c1-13-6-8-14(9-7-13)11-4-2-10(12-15)3-5-11/h2-5,12H,6-9,15H2,1H3. The van der Waals surface area contributed by atoms with Gasteiger partial charge in [-0.1, -0.05) is 0 Å². The highest BCUT2D eigenvalue weighted by atomic mass is 31.0. The van der Waals surface area contributed by atoms with Crippen LogP contribution in [-0.4, -0.2) is 38.1 Å². The summed E-state index contributed by atoms with van der Waals surface area (Å²) < 4.78 is 0. The Bertz CT molecular complexity index is 304. The number of likely N-dealkylation sites (N-methyl/N-ethyl adjacent to an activating group) is 1. The number of nitrogens with one attached hydrogen (secondary N) is 1. The number of piperazine rings is 1. The van der Waals surface area contributed by atoms with Crippen molar-refractivity contribution < 1.29 is 0 Å². The molecule has 1 unspecified atom stereocenters. The van der Waals surface area contributed by atoms with Gasteiger partial charge in [-0.05, 0) is 40.7 Å². The molecule has 0 aliphatic carbocycles. The van der Waals surface area contributed by atoms with Gasteiger partial charge in [-0.3, -0.25) is 0 Å². The molecule has 82 valence electrons. The van der Waals surface area contributed by atoms with E-state index in [9.17, 15) is 0 Å². The maximum Gasteiger partial charge on any atom is 0.0370 e. The third-order valence-electron chi connectivity index (χ3n) is 2.90. The van der Waals surface area contributed by atoms with Crippen molar-refractivity contribution in [3.63, 3.8) is 0 Å². The zero-order valence-electron chi connectivity index (χ0n) is 9.11. The van der Waals surface area contributed by atoms with Crippen molar-refractivity contribution >= 4 is 20.8 Å². The molecule has 0 amide bonds. The Labute approximate surface area is 93.7 Å². The topological polar surface area (TPSA) is 18.5 Å². The van der Waals surface area contributed by atoms with Crippen LogP contribution in [0.1, 0.15) is 0 Å². The molecule has 0 bridgehead atoms. The van der Waals surface area contributed by atoms with Crippen molar-refractivity contribution in [3.05, 3.63) is 24.3 Å². The van der Waals surface area contributed by atoms with E-state index in [1.807, 2.05) is 0 Å². The van der Waals surface area contributed by atoms with Crippen molar-refractivity contribution in [2.24, 2.45) is 0 Å². The summed E-state index contributed by atoms with van der Waals surface area (Å²) in [4.78, 5) is 4.81. The van der Waals surface area contributed by atoms with Crippen LogP contribution < -0.4 is 9.99 Å². The predicted molar refractivity (Wildman–Crippen MR) is 69.5 cm³/mol. The first-order chi connectivity index (χ1) is 7.29. The first kappa shape index (κ1) is 10.7. The highest BCUT2D eigenvalue weighted by molar-refractivity contribution is 7.18. The largest absolute Gasteiger partial charge is 0.369 e. The Morgan fingerprint density at radius 2 is 1.67 bits per heavy atom. The number of rotatable bonds is 2. The van der Waals surface area contributed by atoms with Crippen LogP contribution in [0.25, 0.3) is 0 Å².